The summed E-state index contributed by atoms with van der Waals surface area (Å²) in [6.07, 6.45) is 4.28. The van der Waals surface area contributed by atoms with Crippen LogP contribution in [0.3, 0.4) is 0 Å². The van der Waals surface area contributed by atoms with Gasteiger partial charge >= 0.3 is 0 Å². The molecular weight excluding hydrogens is 1120 g/mol. The fourth-order valence-electron chi connectivity index (χ4n) is 10.9. The normalized spacial score (nSPS) is 13.5. The van der Waals surface area contributed by atoms with E-state index in [1.165, 1.54) is 44.5 Å². The van der Waals surface area contributed by atoms with Crippen LogP contribution in [-0.4, -0.2) is 9.55 Å². The molecule has 0 saturated carbocycles. The Labute approximate surface area is 474 Å². The molecule has 7 aromatic carbocycles. The topological polar surface area (TPSA) is 33.5 Å². The summed E-state index contributed by atoms with van der Waals surface area (Å²) in [5.74, 6) is 2.61. The fourth-order valence-corrected chi connectivity index (χ4v) is 10.9. The molecule has 1 aliphatic rings. The molecule has 0 atom stereocenters. The van der Waals surface area contributed by atoms with Crippen LogP contribution in [0.15, 0.2) is 164 Å². The van der Waals surface area contributed by atoms with E-state index in [0.717, 1.165) is 55.8 Å². The molecular formula is C71H75N4OPt-3. The Morgan fingerprint density at radius 2 is 1.16 bits per heavy atom. The number of hydrogen-bond acceptors (Lipinski definition) is 4. The van der Waals surface area contributed by atoms with E-state index < -0.39 is 0 Å². The zero-order valence-corrected chi connectivity index (χ0v) is 50.1. The van der Waals surface area contributed by atoms with Gasteiger partial charge in [0.2, 0.25) is 0 Å². The van der Waals surface area contributed by atoms with Crippen molar-refractivity contribution in [3.05, 3.63) is 227 Å². The Hall–Kier alpha value is -6.68. The van der Waals surface area contributed by atoms with Crippen molar-refractivity contribution in [2.45, 2.75) is 137 Å². The summed E-state index contributed by atoms with van der Waals surface area (Å²) in [5.41, 5.74) is 16.6. The third-order valence-electron chi connectivity index (χ3n) is 15.4. The molecule has 0 radical (unpaired) electrons. The van der Waals surface area contributed by atoms with Gasteiger partial charge in [0.25, 0.3) is 0 Å². The number of para-hydroxylation sites is 1. The first-order chi connectivity index (χ1) is 36.0. The van der Waals surface area contributed by atoms with Crippen LogP contribution in [0.1, 0.15) is 160 Å². The summed E-state index contributed by atoms with van der Waals surface area (Å²) in [4.78, 5) is 9.70. The van der Waals surface area contributed by atoms with Crippen molar-refractivity contribution in [2.24, 2.45) is 0 Å². The molecule has 0 N–H and O–H groups in total. The van der Waals surface area contributed by atoms with E-state index in [9.17, 15) is 0 Å². The first-order valence-corrected chi connectivity index (χ1v) is 27.2. The van der Waals surface area contributed by atoms with Crippen LogP contribution in [0.2, 0.25) is 0 Å². The molecule has 5 nitrogen and oxygen atoms in total. The predicted octanol–water partition coefficient (Wildman–Crippen LogP) is 19.1. The van der Waals surface area contributed by atoms with Crippen LogP contribution >= 0.6 is 0 Å². The van der Waals surface area contributed by atoms with E-state index in [1.54, 1.807) is 0 Å². The van der Waals surface area contributed by atoms with Crippen molar-refractivity contribution < 1.29 is 25.8 Å². The Balaban J connectivity index is 0.00000722. The summed E-state index contributed by atoms with van der Waals surface area (Å²) >= 11 is 0. The van der Waals surface area contributed by atoms with Crippen LogP contribution in [0, 0.1) is 18.8 Å². The molecule has 9 aromatic rings. The molecule has 77 heavy (non-hydrogen) atoms. The van der Waals surface area contributed by atoms with Gasteiger partial charge in [-0.2, -0.15) is 0 Å². The quantitative estimate of drug-likeness (QED) is 0.121. The molecule has 1 aliphatic heterocycles. The summed E-state index contributed by atoms with van der Waals surface area (Å²) in [6.45, 7) is 36.7. The molecule has 0 unspecified atom stereocenters. The van der Waals surface area contributed by atoms with E-state index in [-0.39, 0.29) is 54.6 Å². The van der Waals surface area contributed by atoms with Crippen molar-refractivity contribution >= 4 is 38.9 Å². The van der Waals surface area contributed by atoms with Crippen molar-refractivity contribution in [3.8, 4) is 28.4 Å². The maximum absolute atomic E-state index is 7.26. The van der Waals surface area contributed by atoms with Crippen LogP contribution in [0.4, 0.5) is 11.4 Å². The second kappa shape index (κ2) is 20.9. The van der Waals surface area contributed by atoms with E-state index in [1.807, 2.05) is 6.20 Å². The smallest absolute Gasteiger partial charge is 0.135 e. The predicted molar refractivity (Wildman–Crippen MR) is 321 cm³/mol. The van der Waals surface area contributed by atoms with Gasteiger partial charge in [0.05, 0.1) is 0 Å². The minimum absolute atomic E-state index is 0. The van der Waals surface area contributed by atoms with Crippen molar-refractivity contribution in [2.75, 3.05) is 9.80 Å². The molecule has 0 aliphatic carbocycles. The van der Waals surface area contributed by atoms with Gasteiger partial charge in [-0.25, -0.2) is 4.98 Å². The maximum atomic E-state index is 7.26. The van der Waals surface area contributed by atoms with Crippen molar-refractivity contribution in [1.82, 2.24) is 9.55 Å². The number of fused-ring (bicyclic) bond motifs is 3. The van der Waals surface area contributed by atoms with Crippen molar-refractivity contribution in [3.63, 3.8) is 0 Å². The van der Waals surface area contributed by atoms with Crippen LogP contribution in [0.5, 0.6) is 11.5 Å². The Morgan fingerprint density at radius 1 is 0.545 bits per heavy atom. The molecule has 398 valence electrons. The van der Waals surface area contributed by atoms with E-state index in [0.29, 0.717) is 11.5 Å². The second-order valence-corrected chi connectivity index (χ2v) is 25.2. The van der Waals surface area contributed by atoms with Gasteiger partial charge in [0.1, 0.15) is 5.82 Å². The van der Waals surface area contributed by atoms with Gasteiger partial charge in [-0.3, -0.25) is 0 Å². The Morgan fingerprint density at radius 3 is 1.79 bits per heavy atom. The SMILES string of the molecule is CC(C)c1cccc(C(C)C)c1C1=CN(c2cc(C(C)(C)C)cc(C(C)(C)c3ccccc3)c2)[CH-]N1c1[c-]c(Oc2[c-]c3c(c(C(C)(C)C)c2)c2ccccc2n3-c2cc(C(C)(C)C)ccn2)cc(-c2ccccc2)c1.[Pt]. The minimum atomic E-state index is -0.253. The summed E-state index contributed by atoms with van der Waals surface area (Å²) in [6, 6.07) is 62.8. The largest absolute Gasteiger partial charge is 0.509 e. The number of hydrogen-bond donors (Lipinski definition) is 0. The first kappa shape index (κ1) is 55.1. The first-order valence-electron chi connectivity index (χ1n) is 27.2. The summed E-state index contributed by atoms with van der Waals surface area (Å²) in [7, 11) is 0. The average molecular weight is 1200 g/mol. The number of anilines is 2. The monoisotopic (exact) mass is 1190 g/mol. The standard InChI is InChI=1S/C71H75N4O.Pt/c1-46(2)58-30-24-31-59(47(3)4)66(58)64-44-73(54-38-52(69(8,9)10)37-53(39-54)71(14,15)50-27-20-17-21-28-50)45-74(64)55-35-49(48-25-18-16-19-26-48)36-56(41-55)76-57-42-61(70(11,12)13)67-60-29-22-23-32-62(60)75(63(67)43-57)65-40-51(33-34-72-65)68(5,6)7;/h16-40,42,44-47H,1-15H3;/q-3;. The van der Waals surface area contributed by atoms with E-state index in [4.69, 9.17) is 9.72 Å². The third-order valence-corrected chi connectivity index (χ3v) is 15.4. The fraction of sp³-hybridized carbons (Fsp3) is 0.296. The van der Waals surface area contributed by atoms with Crippen LogP contribution < -0.4 is 14.5 Å². The van der Waals surface area contributed by atoms with Gasteiger partial charge < -0.3 is 19.1 Å². The maximum Gasteiger partial charge on any atom is 0.135 e. The van der Waals surface area contributed by atoms with Gasteiger partial charge in [0.15, 0.2) is 0 Å². The van der Waals surface area contributed by atoms with Crippen LogP contribution in [0.25, 0.3) is 44.4 Å². The van der Waals surface area contributed by atoms with Gasteiger partial charge in [-0.05, 0) is 109 Å². The molecule has 0 amide bonds. The number of benzene rings is 7. The zero-order chi connectivity index (χ0) is 54.1. The molecule has 3 heterocycles. The Kier molecular flexibility index (Phi) is 15.0. The average Bonchev–Trinajstić information content (AvgIpc) is 4.18. The molecule has 0 bridgehead atoms. The Bertz CT molecular complexity index is 3610. The number of pyridine rings is 1. The van der Waals surface area contributed by atoms with Gasteiger partial charge in [-0.15, -0.1) is 53.8 Å². The number of aromatic nitrogens is 2. The molecule has 0 spiro atoms. The number of nitrogens with zero attached hydrogens (tertiary/aromatic N) is 4. The van der Waals surface area contributed by atoms with Gasteiger partial charge in [-0.1, -0.05) is 218 Å². The zero-order valence-electron chi connectivity index (χ0n) is 47.8. The third kappa shape index (κ3) is 10.8. The molecule has 6 heteroatoms. The summed E-state index contributed by atoms with van der Waals surface area (Å²) in [5, 5.41) is 2.31. The minimum Gasteiger partial charge on any atom is -0.509 e. The summed E-state index contributed by atoms with van der Waals surface area (Å²) < 4.78 is 9.52. The second-order valence-electron chi connectivity index (χ2n) is 25.2. The molecule has 10 rings (SSSR count). The molecule has 2 aromatic heterocycles. The van der Waals surface area contributed by atoms with E-state index >= 15 is 0 Å². The number of rotatable bonds is 11. The van der Waals surface area contributed by atoms with E-state index in [2.05, 4.69) is 295 Å². The van der Waals surface area contributed by atoms with Crippen molar-refractivity contribution in [1.29, 1.82) is 0 Å². The molecule has 0 fully saturated rings. The number of ether oxygens (including phenoxy) is 1. The van der Waals surface area contributed by atoms with Crippen LogP contribution in [-0.2, 0) is 42.7 Å². The van der Waals surface area contributed by atoms with Gasteiger partial charge in [0, 0.05) is 66.6 Å². The molecule has 0 saturated heterocycles.